The summed E-state index contributed by atoms with van der Waals surface area (Å²) in [6.07, 6.45) is 0.963. The van der Waals surface area contributed by atoms with Gasteiger partial charge in [0.05, 0.1) is 26.2 Å². The molecule has 0 saturated carbocycles. The summed E-state index contributed by atoms with van der Waals surface area (Å²) in [4.78, 5) is 28.7. The van der Waals surface area contributed by atoms with Crippen molar-refractivity contribution in [1.82, 2.24) is 4.90 Å². The second kappa shape index (κ2) is 11.3. The van der Waals surface area contributed by atoms with Crippen molar-refractivity contribution in [3.8, 4) is 5.75 Å². The Morgan fingerprint density at radius 1 is 1.03 bits per heavy atom. The molecule has 1 aliphatic rings. The van der Waals surface area contributed by atoms with E-state index >= 15 is 0 Å². The number of nitrogens with one attached hydrogen (secondary N) is 1. The van der Waals surface area contributed by atoms with Gasteiger partial charge in [-0.3, -0.25) is 9.69 Å². The lowest BCUT2D eigenvalue weighted by molar-refractivity contribution is -0.115. The van der Waals surface area contributed by atoms with Crippen molar-refractivity contribution in [3.05, 3.63) is 81.7 Å². The van der Waals surface area contributed by atoms with E-state index in [1.54, 1.807) is 7.11 Å². The predicted molar refractivity (Wildman–Crippen MR) is 132 cm³/mol. The van der Waals surface area contributed by atoms with Crippen molar-refractivity contribution < 1.29 is 19.1 Å². The number of carbonyl (C=O) groups is 2. The lowest BCUT2D eigenvalue weighted by Crippen LogP contribution is -2.29. The van der Waals surface area contributed by atoms with Crippen LogP contribution in [0.5, 0.6) is 5.75 Å². The molecule has 1 N–H and O–H groups in total. The zero-order valence-electron chi connectivity index (χ0n) is 18.6. The molecule has 0 aliphatic carbocycles. The summed E-state index contributed by atoms with van der Waals surface area (Å²) in [5.74, 6) is 0.173. The molecule has 0 bridgehead atoms. The number of thiophene rings is 1. The molecule has 33 heavy (non-hydrogen) atoms. The minimum atomic E-state index is -0.404. The van der Waals surface area contributed by atoms with Gasteiger partial charge >= 0.3 is 5.97 Å². The second-order valence-corrected chi connectivity index (χ2v) is 8.82. The highest BCUT2D eigenvalue weighted by atomic mass is 35.5. The summed E-state index contributed by atoms with van der Waals surface area (Å²) in [7, 11) is 2.98. The molecule has 6 nitrogen and oxygen atoms in total. The van der Waals surface area contributed by atoms with Gasteiger partial charge in [0.15, 0.2) is 0 Å². The first-order chi connectivity index (χ1) is 15.6. The molecule has 0 atom stereocenters. The number of halogens is 1. The van der Waals surface area contributed by atoms with Crippen LogP contribution in [0.1, 0.15) is 31.9 Å². The monoisotopic (exact) mass is 486 g/mol. The predicted octanol–water partition coefficient (Wildman–Crippen LogP) is 4.70. The number of anilines is 1. The van der Waals surface area contributed by atoms with Gasteiger partial charge in [0, 0.05) is 24.5 Å². The number of rotatable bonds is 7. The van der Waals surface area contributed by atoms with Crippen LogP contribution in [0.15, 0.2) is 54.6 Å². The maximum absolute atomic E-state index is 12.7. The summed E-state index contributed by atoms with van der Waals surface area (Å²) >= 11 is 1.47. The minimum Gasteiger partial charge on any atom is -0.497 e. The zero-order chi connectivity index (χ0) is 22.5. The number of ether oxygens (including phenoxy) is 2. The van der Waals surface area contributed by atoms with Crippen molar-refractivity contribution in [2.45, 2.75) is 25.9 Å². The number of carbonyl (C=O) groups excluding carboxylic acids is 2. The number of esters is 1. The molecule has 1 aliphatic heterocycles. The molecule has 1 aromatic heterocycles. The summed E-state index contributed by atoms with van der Waals surface area (Å²) < 4.78 is 10.2. The lowest BCUT2D eigenvalue weighted by Gasteiger charge is -2.27. The lowest BCUT2D eigenvalue weighted by atomic mass is 10.0. The normalized spacial score (nSPS) is 12.9. The zero-order valence-corrected chi connectivity index (χ0v) is 20.3. The van der Waals surface area contributed by atoms with Crippen molar-refractivity contribution in [2.24, 2.45) is 0 Å². The van der Waals surface area contributed by atoms with Crippen molar-refractivity contribution in [2.75, 3.05) is 26.1 Å². The van der Waals surface area contributed by atoms with Crippen LogP contribution in [-0.4, -0.2) is 37.5 Å². The number of hydrogen-bond donors (Lipinski definition) is 1. The largest absolute Gasteiger partial charge is 0.497 e. The van der Waals surface area contributed by atoms with Crippen LogP contribution in [-0.2, 0) is 35.5 Å². The minimum absolute atomic E-state index is 0. The van der Waals surface area contributed by atoms with Crippen LogP contribution in [0.2, 0.25) is 0 Å². The Balaban J connectivity index is 0.00000306. The highest BCUT2D eigenvalue weighted by Gasteiger charge is 2.29. The maximum atomic E-state index is 12.7. The van der Waals surface area contributed by atoms with E-state index in [9.17, 15) is 9.59 Å². The quantitative estimate of drug-likeness (QED) is 0.490. The molecular formula is C25H27ClN2O4S. The van der Waals surface area contributed by atoms with Gasteiger partial charge in [-0.2, -0.15) is 0 Å². The smallest absolute Gasteiger partial charge is 0.341 e. The van der Waals surface area contributed by atoms with E-state index in [1.165, 1.54) is 24.0 Å². The van der Waals surface area contributed by atoms with E-state index in [-0.39, 0.29) is 24.7 Å². The summed E-state index contributed by atoms with van der Waals surface area (Å²) in [5, 5.41) is 3.52. The third-order valence-electron chi connectivity index (χ3n) is 5.55. The van der Waals surface area contributed by atoms with Crippen LogP contribution < -0.4 is 10.1 Å². The van der Waals surface area contributed by atoms with Crippen molar-refractivity contribution >= 4 is 40.6 Å². The number of amides is 1. The van der Waals surface area contributed by atoms with Gasteiger partial charge in [-0.05, 0) is 35.2 Å². The molecule has 0 radical (unpaired) electrons. The van der Waals surface area contributed by atoms with Crippen LogP contribution >= 0.6 is 23.7 Å². The summed E-state index contributed by atoms with van der Waals surface area (Å²) in [6.45, 7) is 2.44. The van der Waals surface area contributed by atoms with Crippen LogP contribution in [0, 0.1) is 0 Å². The van der Waals surface area contributed by atoms with Gasteiger partial charge in [-0.15, -0.1) is 23.7 Å². The molecule has 3 aromatic rings. The van der Waals surface area contributed by atoms with Gasteiger partial charge in [0.2, 0.25) is 5.91 Å². The average molecular weight is 487 g/mol. The Bertz CT molecular complexity index is 1100. The van der Waals surface area contributed by atoms with Crippen molar-refractivity contribution in [1.29, 1.82) is 0 Å². The van der Waals surface area contributed by atoms with E-state index < -0.39 is 5.97 Å². The first kappa shape index (κ1) is 24.8. The number of methoxy groups -OCH3 is 2. The number of benzene rings is 2. The third kappa shape index (κ3) is 5.93. The number of nitrogens with zero attached hydrogens (tertiary/aromatic N) is 1. The Morgan fingerprint density at radius 3 is 2.42 bits per heavy atom. The SMILES string of the molecule is COC(=O)c1c(NC(=O)Cc2ccc(OC)cc2)sc2c1CCN(Cc1ccccc1)C2.Cl. The van der Waals surface area contributed by atoms with Gasteiger partial charge in [-0.1, -0.05) is 42.5 Å². The Morgan fingerprint density at radius 2 is 1.76 bits per heavy atom. The Kier molecular flexibility index (Phi) is 8.49. The maximum Gasteiger partial charge on any atom is 0.341 e. The molecule has 0 fully saturated rings. The van der Waals surface area contributed by atoms with Crippen LogP contribution in [0.25, 0.3) is 0 Å². The molecule has 4 rings (SSSR count). The van der Waals surface area contributed by atoms with Crippen LogP contribution in [0.4, 0.5) is 5.00 Å². The number of fused-ring (bicyclic) bond motifs is 1. The van der Waals surface area contributed by atoms with E-state index in [0.717, 1.165) is 47.8 Å². The molecule has 8 heteroatoms. The van der Waals surface area contributed by atoms with E-state index in [4.69, 9.17) is 9.47 Å². The van der Waals surface area contributed by atoms with Gasteiger partial charge < -0.3 is 14.8 Å². The second-order valence-electron chi connectivity index (χ2n) is 7.72. The molecular weight excluding hydrogens is 460 g/mol. The van der Waals surface area contributed by atoms with Crippen LogP contribution in [0.3, 0.4) is 0 Å². The highest BCUT2D eigenvalue weighted by molar-refractivity contribution is 7.17. The fourth-order valence-corrected chi connectivity index (χ4v) is 5.23. The number of hydrogen-bond acceptors (Lipinski definition) is 6. The molecule has 1 amide bonds. The van der Waals surface area contributed by atoms with Gasteiger partial charge in [-0.25, -0.2) is 4.79 Å². The first-order valence-electron chi connectivity index (χ1n) is 10.5. The van der Waals surface area contributed by atoms with E-state index in [1.807, 2.05) is 42.5 Å². The molecule has 174 valence electrons. The molecule has 0 unspecified atom stereocenters. The van der Waals surface area contributed by atoms with E-state index in [2.05, 4.69) is 22.3 Å². The molecule has 0 spiro atoms. The third-order valence-corrected chi connectivity index (χ3v) is 6.68. The fourth-order valence-electron chi connectivity index (χ4n) is 3.94. The van der Waals surface area contributed by atoms with E-state index in [0.29, 0.717) is 10.6 Å². The Labute approximate surface area is 203 Å². The topological polar surface area (TPSA) is 67.9 Å². The standard InChI is InChI=1S/C25H26N2O4S.ClH/c1-30-19-10-8-17(9-11-19)14-22(28)26-24-23(25(29)31-2)20-12-13-27(16-21(20)32-24)15-18-6-4-3-5-7-18;/h3-11H,12-16H2,1-2H3,(H,26,28);1H. The molecule has 2 aromatic carbocycles. The Hall–Kier alpha value is -2.87. The van der Waals surface area contributed by atoms with Gasteiger partial charge in [0.1, 0.15) is 10.8 Å². The highest BCUT2D eigenvalue weighted by Crippen LogP contribution is 2.38. The van der Waals surface area contributed by atoms with Gasteiger partial charge in [0.25, 0.3) is 0 Å². The van der Waals surface area contributed by atoms with Crippen molar-refractivity contribution in [3.63, 3.8) is 0 Å². The molecule has 0 saturated heterocycles. The molecule has 2 heterocycles. The average Bonchev–Trinajstić information content (AvgIpc) is 3.16. The first-order valence-corrected chi connectivity index (χ1v) is 11.3. The summed E-state index contributed by atoms with van der Waals surface area (Å²) in [5.41, 5.74) is 3.62. The fraction of sp³-hybridized carbons (Fsp3) is 0.280. The summed E-state index contributed by atoms with van der Waals surface area (Å²) in [6, 6.07) is 17.7.